The third-order valence-corrected chi connectivity index (χ3v) is 8.55. The number of carbonyl (C=O) groups is 1. The number of likely N-dealkylation sites (tertiary alicyclic amines) is 2. The first-order valence-corrected chi connectivity index (χ1v) is 14.5. The van der Waals surface area contributed by atoms with E-state index in [-0.39, 0.29) is 11.9 Å². The molecule has 0 aromatic carbocycles. The van der Waals surface area contributed by atoms with E-state index in [0.29, 0.717) is 11.7 Å². The minimum Gasteiger partial charge on any atom is -0.383 e. The summed E-state index contributed by atoms with van der Waals surface area (Å²) in [4.78, 5) is 25.7. The fourth-order valence-electron chi connectivity index (χ4n) is 6.32. The van der Waals surface area contributed by atoms with Gasteiger partial charge in [0.25, 0.3) is 5.91 Å². The summed E-state index contributed by atoms with van der Waals surface area (Å²) in [5.74, 6) is 0.916. The fourth-order valence-corrected chi connectivity index (χ4v) is 6.32. The van der Waals surface area contributed by atoms with Crippen LogP contribution in [-0.2, 0) is 11.8 Å². The van der Waals surface area contributed by atoms with Crippen molar-refractivity contribution in [3.05, 3.63) is 17.8 Å². The Morgan fingerprint density at radius 3 is 2.49 bits per heavy atom. The van der Waals surface area contributed by atoms with Crippen LogP contribution < -0.4 is 10.2 Å². The maximum atomic E-state index is 13.2. The molecule has 0 bridgehead atoms. The van der Waals surface area contributed by atoms with Gasteiger partial charge in [-0.2, -0.15) is 5.10 Å². The summed E-state index contributed by atoms with van der Waals surface area (Å²) in [6.45, 7) is 8.38. The minimum atomic E-state index is -0.0795. The number of nitrogens with zero attached hydrogens (tertiary/aromatic N) is 6. The van der Waals surface area contributed by atoms with Crippen LogP contribution in [0.5, 0.6) is 0 Å². The summed E-state index contributed by atoms with van der Waals surface area (Å²) in [6.07, 6.45) is 10.8. The Labute approximate surface area is 221 Å². The molecule has 0 aliphatic carbocycles. The summed E-state index contributed by atoms with van der Waals surface area (Å²) in [5, 5.41) is 8.68. The fraction of sp³-hybridized carbons (Fsp3) is 0.750. The Morgan fingerprint density at radius 2 is 1.73 bits per heavy atom. The molecular weight excluding hydrogens is 466 g/mol. The molecule has 0 radical (unpaired) electrons. The van der Waals surface area contributed by atoms with E-state index in [4.69, 9.17) is 9.72 Å². The van der Waals surface area contributed by atoms with Crippen molar-refractivity contribution >= 4 is 22.8 Å². The zero-order valence-corrected chi connectivity index (χ0v) is 22.8. The highest BCUT2D eigenvalue weighted by atomic mass is 16.5. The summed E-state index contributed by atoms with van der Waals surface area (Å²) < 4.78 is 7.20. The number of rotatable bonds is 8. The van der Waals surface area contributed by atoms with Gasteiger partial charge in [0.15, 0.2) is 11.3 Å². The monoisotopic (exact) mass is 511 g/mol. The lowest BCUT2D eigenvalue weighted by Crippen LogP contribution is -2.49. The molecule has 37 heavy (non-hydrogen) atoms. The van der Waals surface area contributed by atoms with Gasteiger partial charge in [-0.05, 0) is 57.2 Å². The third kappa shape index (κ3) is 6.44. The molecule has 3 aliphatic rings. The van der Waals surface area contributed by atoms with Crippen molar-refractivity contribution in [2.45, 2.75) is 69.9 Å². The maximum Gasteiger partial charge on any atom is 0.272 e. The van der Waals surface area contributed by atoms with Crippen molar-refractivity contribution < 1.29 is 9.53 Å². The number of hydrogen-bond acceptors (Lipinski definition) is 7. The number of piperidine rings is 2. The first kappa shape index (κ1) is 26.4. The van der Waals surface area contributed by atoms with E-state index in [2.05, 4.69) is 31.2 Å². The number of aryl methyl sites for hydroxylation is 1. The Morgan fingerprint density at radius 1 is 0.973 bits per heavy atom. The number of fused-ring (bicyclic) bond motifs is 1. The summed E-state index contributed by atoms with van der Waals surface area (Å²) in [7, 11) is 3.69. The number of anilines is 1. The van der Waals surface area contributed by atoms with Gasteiger partial charge in [-0.25, -0.2) is 9.67 Å². The van der Waals surface area contributed by atoms with Gasteiger partial charge in [0.1, 0.15) is 5.82 Å². The van der Waals surface area contributed by atoms with Crippen LogP contribution in [-0.4, -0.2) is 102 Å². The molecule has 5 heterocycles. The molecule has 2 aromatic rings. The van der Waals surface area contributed by atoms with Crippen LogP contribution in [0.4, 0.5) is 5.82 Å². The standard InChI is InChI=1S/C28H45N7O2/c1-32-27-24(10-11-25(30-27)35-15-6-3-4-7-16-35)26(31-32)28(36)29-22-12-17-33(18-13-22)19-20-34-14-8-5-9-23(34)21-37-2/h10-11,22-23H,3-9,12-21H2,1-2H3,(H,29,36). The zero-order valence-electron chi connectivity index (χ0n) is 22.8. The molecule has 2 aromatic heterocycles. The second-order valence-electron chi connectivity index (χ2n) is 11.1. The number of methoxy groups -OCH3 is 1. The van der Waals surface area contributed by atoms with Gasteiger partial charge >= 0.3 is 0 Å². The van der Waals surface area contributed by atoms with Crippen molar-refractivity contribution in [3.63, 3.8) is 0 Å². The van der Waals surface area contributed by atoms with Crippen LogP contribution in [0, 0.1) is 0 Å². The average molecular weight is 512 g/mol. The van der Waals surface area contributed by atoms with E-state index in [1.807, 2.05) is 20.2 Å². The third-order valence-electron chi connectivity index (χ3n) is 8.55. The van der Waals surface area contributed by atoms with E-state index < -0.39 is 0 Å². The largest absolute Gasteiger partial charge is 0.383 e. The SMILES string of the molecule is COCC1CCCCN1CCN1CCC(NC(=O)c2nn(C)c3nc(N4CCCCCC4)ccc23)CC1. The van der Waals surface area contributed by atoms with E-state index >= 15 is 0 Å². The van der Waals surface area contributed by atoms with Gasteiger partial charge < -0.3 is 19.9 Å². The smallest absolute Gasteiger partial charge is 0.272 e. The van der Waals surface area contributed by atoms with Gasteiger partial charge in [-0.3, -0.25) is 9.69 Å². The van der Waals surface area contributed by atoms with Crippen molar-refractivity contribution in [1.82, 2.24) is 29.9 Å². The van der Waals surface area contributed by atoms with Gasteiger partial charge in [0, 0.05) is 65.5 Å². The molecule has 1 unspecified atom stereocenters. The number of hydrogen-bond donors (Lipinski definition) is 1. The molecule has 9 nitrogen and oxygen atoms in total. The number of amides is 1. The van der Waals surface area contributed by atoms with Gasteiger partial charge in [-0.1, -0.05) is 19.3 Å². The van der Waals surface area contributed by atoms with E-state index in [9.17, 15) is 4.79 Å². The van der Waals surface area contributed by atoms with Crippen LogP contribution in [0.2, 0.25) is 0 Å². The lowest BCUT2D eigenvalue weighted by atomic mass is 10.0. The van der Waals surface area contributed by atoms with E-state index in [1.54, 1.807) is 4.68 Å². The molecule has 204 valence electrons. The summed E-state index contributed by atoms with van der Waals surface area (Å²) in [5.41, 5.74) is 1.27. The summed E-state index contributed by atoms with van der Waals surface area (Å²) in [6, 6.07) is 4.86. The second-order valence-corrected chi connectivity index (χ2v) is 11.1. The molecule has 1 N–H and O–H groups in total. The molecule has 5 rings (SSSR count). The second kappa shape index (κ2) is 12.5. The first-order valence-electron chi connectivity index (χ1n) is 14.5. The van der Waals surface area contributed by atoms with Crippen LogP contribution in [0.25, 0.3) is 11.0 Å². The molecule has 9 heteroatoms. The minimum absolute atomic E-state index is 0.0795. The van der Waals surface area contributed by atoms with Gasteiger partial charge in [0.2, 0.25) is 0 Å². The Bertz CT molecular complexity index is 1020. The molecule has 1 amide bonds. The maximum absolute atomic E-state index is 13.2. The number of aromatic nitrogens is 3. The quantitative estimate of drug-likeness (QED) is 0.584. The zero-order chi connectivity index (χ0) is 25.6. The highest BCUT2D eigenvalue weighted by Crippen LogP contribution is 2.24. The number of pyridine rings is 1. The average Bonchev–Trinajstić information content (AvgIpc) is 3.07. The Kier molecular flexibility index (Phi) is 8.94. The molecule has 3 aliphatic heterocycles. The van der Waals surface area contributed by atoms with Crippen LogP contribution >= 0.6 is 0 Å². The predicted molar refractivity (Wildman–Crippen MR) is 147 cm³/mol. The number of ether oxygens (including phenoxy) is 1. The highest BCUT2D eigenvalue weighted by Gasteiger charge is 2.26. The molecule has 0 saturated carbocycles. The van der Waals surface area contributed by atoms with E-state index in [0.717, 1.165) is 75.6 Å². The lowest BCUT2D eigenvalue weighted by molar-refractivity contribution is 0.0545. The first-order chi connectivity index (χ1) is 18.1. The van der Waals surface area contributed by atoms with Crippen molar-refractivity contribution in [2.24, 2.45) is 7.05 Å². The highest BCUT2D eigenvalue weighted by molar-refractivity contribution is 6.04. The molecule has 0 spiro atoms. The molecule has 3 fully saturated rings. The topological polar surface area (TPSA) is 78.8 Å². The normalized spacial score (nSPS) is 22.9. The molecule has 3 saturated heterocycles. The van der Waals surface area contributed by atoms with Crippen molar-refractivity contribution in [1.29, 1.82) is 0 Å². The van der Waals surface area contributed by atoms with Crippen LogP contribution in [0.3, 0.4) is 0 Å². The predicted octanol–water partition coefficient (Wildman–Crippen LogP) is 3.04. The van der Waals surface area contributed by atoms with Crippen molar-refractivity contribution in [2.75, 3.05) is 64.4 Å². The molecule has 1 atom stereocenters. The van der Waals surface area contributed by atoms with E-state index in [1.165, 1.54) is 51.5 Å². The molecular formula is C28H45N7O2. The summed E-state index contributed by atoms with van der Waals surface area (Å²) >= 11 is 0. The Balaban J connectivity index is 1.13. The van der Waals surface area contributed by atoms with Crippen molar-refractivity contribution in [3.8, 4) is 0 Å². The lowest BCUT2D eigenvalue weighted by Gasteiger charge is -2.38. The van der Waals surface area contributed by atoms with Crippen LogP contribution in [0.1, 0.15) is 68.3 Å². The van der Waals surface area contributed by atoms with Crippen LogP contribution in [0.15, 0.2) is 12.1 Å². The number of carbonyl (C=O) groups excluding carboxylic acids is 1. The number of nitrogens with one attached hydrogen (secondary N) is 1. The Hall–Kier alpha value is -2.23. The van der Waals surface area contributed by atoms with Gasteiger partial charge in [0.05, 0.1) is 12.0 Å². The van der Waals surface area contributed by atoms with Gasteiger partial charge in [-0.15, -0.1) is 0 Å².